The number of carbonyl (C=O) groups is 3. The number of hydrogen-bond donors (Lipinski definition) is 2. The van der Waals surface area contributed by atoms with Gasteiger partial charge in [0.15, 0.2) is 0 Å². The highest BCUT2D eigenvalue weighted by molar-refractivity contribution is 5.92. The van der Waals surface area contributed by atoms with Gasteiger partial charge in [-0.15, -0.1) is 5.10 Å². The topological polar surface area (TPSA) is 118 Å². The van der Waals surface area contributed by atoms with Crippen molar-refractivity contribution in [3.8, 4) is 5.69 Å². The smallest absolute Gasteiger partial charge is 0.293 e. The van der Waals surface area contributed by atoms with Gasteiger partial charge in [-0.05, 0) is 58.6 Å². The van der Waals surface area contributed by atoms with Gasteiger partial charge in [-0.2, -0.15) is 0 Å². The van der Waals surface area contributed by atoms with Crippen LogP contribution < -0.4 is 10.6 Å². The fraction of sp³-hybridized carbons (Fsp3) is 0.577. The fourth-order valence-electron chi connectivity index (χ4n) is 4.87. The summed E-state index contributed by atoms with van der Waals surface area (Å²) >= 11 is 0. The summed E-state index contributed by atoms with van der Waals surface area (Å²) in [5, 5.41) is 10.2. The van der Waals surface area contributed by atoms with Gasteiger partial charge in [0.05, 0.1) is 17.7 Å². The standard InChI is InChI=1S/C26H36N6O4/c1-18-6-8-21(9-7-18)32-20(3)29-22(30-32)24(34)31-14-11-26(12-15-31)10-4-5-16-36-17-13-27-23(33)19(2)28-25(26)35/h6-9,19H,4-5,10-17H2,1-3H3,(H,27,33)(H,28,35)/t19-/m0/s1. The summed E-state index contributed by atoms with van der Waals surface area (Å²) in [6.45, 7) is 7.89. The van der Waals surface area contributed by atoms with E-state index in [1.54, 1.807) is 16.5 Å². The Bertz CT molecular complexity index is 1090. The number of nitrogens with one attached hydrogen (secondary N) is 2. The Labute approximate surface area is 211 Å². The normalized spacial score (nSPS) is 21.6. The van der Waals surface area contributed by atoms with Crippen LogP contribution in [0.1, 0.15) is 61.0 Å². The van der Waals surface area contributed by atoms with E-state index in [4.69, 9.17) is 4.74 Å². The lowest BCUT2D eigenvalue weighted by Crippen LogP contribution is -2.54. The van der Waals surface area contributed by atoms with E-state index in [1.807, 2.05) is 38.1 Å². The van der Waals surface area contributed by atoms with E-state index in [0.29, 0.717) is 57.9 Å². The Hall–Kier alpha value is -3.27. The van der Waals surface area contributed by atoms with Crippen LogP contribution in [-0.2, 0) is 14.3 Å². The molecule has 0 saturated carbocycles. The van der Waals surface area contributed by atoms with Crippen molar-refractivity contribution in [1.29, 1.82) is 0 Å². The highest BCUT2D eigenvalue weighted by Gasteiger charge is 2.43. The van der Waals surface area contributed by atoms with Crippen molar-refractivity contribution in [2.45, 2.75) is 58.9 Å². The van der Waals surface area contributed by atoms with E-state index in [-0.39, 0.29) is 23.5 Å². The molecular formula is C26H36N6O4. The molecule has 2 N–H and O–H groups in total. The number of carbonyl (C=O) groups excluding carboxylic acids is 3. The first kappa shape index (κ1) is 25.8. The third kappa shape index (κ3) is 5.75. The largest absolute Gasteiger partial charge is 0.380 e. The molecule has 0 radical (unpaired) electrons. The second-order valence-corrected chi connectivity index (χ2v) is 9.86. The van der Waals surface area contributed by atoms with Gasteiger partial charge in [0.2, 0.25) is 17.6 Å². The minimum absolute atomic E-state index is 0.116. The number of hydrogen-bond acceptors (Lipinski definition) is 6. The zero-order chi connectivity index (χ0) is 25.7. The molecule has 4 rings (SSSR count). The summed E-state index contributed by atoms with van der Waals surface area (Å²) < 4.78 is 7.27. The Balaban J connectivity index is 1.45. The summed E-state index contributed by atoms with van der Waals surface area (Å²) in [5.74, 6) is 0.227. The molecule has 3 heterocycles. The van der Waals surface area contributed by atoms with Crippen LogP contribution in [0.3, 0.4) is 0 Å². The predicted molar refractivity (Wildman–Crippen MR) is 134 cm³/mol. The average molecular weight is 497 g/mol. The third-order valence-electron chi connectivity index (χ3n) is 7.21. The molecule has 2 fully saturated rings. The van der Waals surface area contributed by atoms with Crippen molar-refractivity contribution in [3.05, 3.63) is 41.5 Å². The average Bonchev–Trinajstić information content (AvgIpc) is 3.26. The highest BCUT2D eigenvalue weighted by Crippen LogP contribution is 2.37. The summed E-state index contributed by atoms with van der Waals surface area (Å²) in [7, 11) is 0. The first-order chi connectivity index (χ1) is 17.3. The minimum atomic E-state index is -0.632. The van der Waals surface area contributed by atoms with Crippen LogP contribution in [0.25, 0.3) is 5.69 Å². The predicted octanol–water partition coefficient (Wildman–Crippen LogP) is 1.93. The summed E-state index contributed by atoms with van der Waals surface area (Å²) in [5.41, 5.74) is 1.37. The Kier molecular flexibility index (Phi) is 8.03. The molecule has 2 aliphatic rings. The molecule has 0 unspecified atom stereocenters. The SMILES string of the molecule is Cc1ccc(-n2nc(C(=O)N3CCC4(CCCCOCCNC(=O)[C@H](C)NC4=O)CC3)nc2C)cc1. The van der Waals surface area contributed by atoms with Gasteiger partial charge in [0.25, 0.3) is 5.91 Å². The van der Waals surface area contributed by atoms with Crippen LogP contribution in [0.5, 0.6) is 0 Å². The molecule has 2 saturated heterocycles. The molecule has 1 atom stereocenters. The lowest BCUT2D eigenvalue weighted by molar-refractivity contribution is -0.137. The number of nitrogens with zero attached hydrogens (tertiary/aromatic N) is 4. The monoisotopic (exact) mass is 496 g/mol. The number of rotatable bonds is 2. The van der Waals surface area contributed by atoms with Crippen molar-refractivity contribution < 1.29 is 19.1 Å². The molecule has 2 aliphatic heterocycles. The zero-order valence-electron chi connectivity index (χ0n) is 21.4. The molecule has 1 aromatic carbocycles. The van der Waals surface area contributed by atoms with Crippen molar-refractivity contribution in [1.82, 2.24) is 30.3 Å². The molecule has 1 spiro atoms. The number of amides is 3. The molecule has 194 valence electrons. The van der Waals surface area contributed by atoms with E-state index < -0.39 is 11.5 Å². The van der Waals surface area contributed by atoms with Gasteiger partial charge in [-0.3, -0.25) is 14.4 Å². The molecule has 36 heavy (non-hydrogen) atoms. The number of aromatic nitrogens is 3. The van der Waals surface area contributed by atoms with Crippen molar-refractivity contribution in [2.24, 2.45) is 5.41 Å². The highest BCUT2D eigenvalue weighted by atomic mass is 16.5. The molecule has 3 amide bonds. The van der Waals surface area contributed by atoms with Crippen LogP contribution in [0.15, 0.2) is 24.3 Å². The quantitative estimate of drug-likeness (QED) is 0.656. The number of ether oxygens (including phenoxy) is 1. The van der Waals surface area contributed by atoms with E-state index >= 15 is 0 Å². The third-order valence-corrected chi connectivity index (χ3v) is 7.21. The molecule has 0 aliphatic carbocycles. The van der Waals surface area contributed by atoms with Crippen molar-refractivity contribution in [3.63, 3.8) is 0 Å². The Morgan fingerprint density at radius 3 is 2.50 bits per heavy atom. The molecule has 10 nitrogen and oxygen atoms in total. The Morgan fingerprint density at radius 1 is 1.06 bits per heavy atom. The maximum atomic E-state index is 13.4. The number of aryl methyl sites for hydroxylation is 2. The summed E-state index contributed by atoms with van der Waals surface area (Å²) in [4.78, 5) is 45.1. The first-order valence-corrected chi connectivity index (χ1v) is 12.8. The molecule has 10 heteroatoms. The fourth-order valence-corrected chi connectivity index (χ4v) is 4.87. The number of likely N-dealkylation sites (tertiary alicyclic amines) is 1. The van der Waals surface area contributed by atoms with E-state index in [9.17, 15) is 14.4 Å². The van der Waals surface area contributed by atoms with E-state index in [2.05, 4.69) is 20.7 Å². The van der Waals surface area contributed by atoms with E-state index in [0.717, 1.165) is 24.1 Å². The van der Waals surface area contributed by atoms with Gasteiger partial charge in [0.1, 0.15) is 11.9 Å². The second kappa shape index (κ2) is 11.2. The first-order valence-electron chi connectivity index (χ1n) is 12.8. The van der Waals surface area contributed by atoms with Crippen LogP contribution in [0.4, 0.5) is 0 Å². The van der Waals surface area contributed by atoms with Gasteiger partial charge in [0, 0.05) is 26.2 Å². The lowest BCUT2D eigenvalue weighted by atomic mass is 9.73. The summed E-state index contributed by atoms with van der Waals surface area (Å²) in [6, 6.07) is 7.26. The zero-order valence-corrected chi connectivity index (χ0v) is 21.4. The molecular weight excluding hydrogens is 460 g/mol. The van der Waals surface area contributed by atoms with Crippen LogP contribution in [-0.4, -0.2) is 76.3 Å². The van der Waals surface area contributed by atoms with Gasteiger partial charge >= 0.3 is 0 Å². The van der Waals surface area contributed by atoms with E-state index in [1.165, 1.54) is 0 Å². The molecule has 1 aromatic heterocycles. The summed E-state index contributed by atoms with van der Waals surface area (Å²) in [6.07, 6.45) is 3.44. The van der Waals surface area contributed by atoms with Crippen LogP contribution >= 0.6 is 0 Å². The lowest BCUT2D eigenvalue weighted by Gasteiger charge is -2.41. The van der Waals surface area contributed by atoms with Crippen molar-refractivity contribution in [2.75, 3.05) is 32.8 Å². The Morgan fingerprint density at radius 2 is 1.78 bits per heavy atom. The number of benzene rings is 1. The maximum Gasteiger partial charge on any atom is 0.293 e. The van der Waals surface area contributed by atoms with Gasteiger partial charge < -0.3 is 20.3 Å². The molecule has 0 bridgehead atoms. The van der Waals surface area contributed by atoms with Gasteiger partial charge in [-0.1, -0.05) is 24.1 Å². The second-order valence-electron chi connectivity index (χ2n) is 9.86. The van der Waals surface area contributed by atoms with Crippen LogP contribution in [0.2, 0.25) is 0 Å². The minimum Gasteiger partial charge on any atom is -0.380 e. The van der Waals surface area contributed by atoms with Crippen LogP contribution in [0, 0.1) is 19.3 Å². The molecule has 2 aromatic rings. The van der Waals surface area contributed by atoms with Gasteiger partial charge in [-0.25, -0.2) is 9.67 Å². The van der Waals surface area contributed by atoms with Crippen molar-refractivity contribution >= 4 is 17.7 Å². The maximum absolute atomic E-state index is 13.4. The number of piperidine rings is 1.